The summed E-state index contributed by atoms with van der Waals surface area (Å²) in [5.74, 6) is 2.74. The zero-order valence-electron chi connectivity index (χ0n) is 49.1. The first kappa shape index (κ1) is 64.9. The highest BCUT2D eigenvalue weighted by atomic mass is 16.5. The van der Waals surface area contributed by atoms with E-state index in [-0.39, 0.29) is 0 Å². The average molecular weight is 1030 g/mol. The Morgan fingerprint density at radius 2 is 0.689 bits per heavy atom. The Balaban J connectivity index is 1.60. The van der Waals surface area contributed by atoms with Crippen molar-refractivity contribution in [2.24, 2.45) is 4.99 Å². The van der Waals surface area contributed by atoms with Crippen molar-refractivity contribution in [1.82, 2.24) is 9.80 Å². The van der Waals surface area contributed by atoms with Crippen LogP contribution in [-0.2, 0) is 0 Å². The first-order valence-corrected chi connectivity index (χ1v) is 31.9. The topological polar surface area (TPSA) is 72.8 Å². The van der Waals surface area contributed by atoms with Crippen molar-refractivity contribution in [2.45, 2.75) is 290 Å². The van der Waals surface area contributed by atoms with Crippen LogP contribution in [0.25, 0.3) is 0 Å². The molecule has 74 heavy (non-hydrogen) atoms. The molecule has 0 N–H and O–H groups in total. The van der Waals surface area contributed by atoms with Gasteiger partial charge in [-0.1, -0.05) is 271 Å². The number of benzene rings is 2. The van der Waals surface area contributed by atoms with Crippen LogP contribution >= 0.6 is 0 Å². The predicted octanol–water partition coefficient (Wildman–Crippen LogP) is 20.4. The van der Waals surface area contributed by atoms with Crippen molar-refractivity contribution in [3.63, 3.8) is 0 Å². The third kappa shape index (κ3) is 32.2. The van der Waals surface area contributed by atoms with Gasteiger partial charge >= 0.3 is 5.97 Å². The van der Waals surface area contributed by atoms with Crippen LogP contribution in [0.3, 0.4) is 0 Å². The number of nitrogens with zero attached hydrogens (tertiary/aromatic N) is 3. The van der Waals surface area contributed by atoms with Gasteiger partial charge in [-0.05, 0) is 55.7 Å². The molecule has 8 heteroatoms. The van der Waals surface area contributed by atoms with Crippen molar-refractivity contribution in [3.05, 3.63) is 42.0 Å². The molecule has 0 radical (unpaired) electrons. The minimum absolute atomic E-state index is 0.402. The number of carbonyl (C=O) groups is 1. The second-order valence-corrected chi connectivity index (χ2v) is 22.3. The Morgan fingerprint density at radius 1 is 0.405 bits per heavy atom. The quantitative estimate of drug-likeness (QED) is 0.0371. The molecule has 1 fully saturated rings. The van der Waals surface area contributed by atoms with Crippen LogP contribution in [0, 0.1) is 0 Å². The zero-order valence-corrected chi connectivity index (χ0v) is 49.1. The van der Waals surface area contributed by atoms with Gasteiger partial charge in [-0.25, -0.2) is 9.79 Å². The van der Waals surface area contributed by atoms with Crippen LogP contribution < -0.4 is 18.9 Å². The lowest BCUT2D eigenvalue weighted by atomic mass is 10.0. The zero-order chi connectivity index (χ0) is 52.8. The molecule has 424 valence electrons. The van der Waals surface area contributed by atoms with Gasteiger partial charge in [0, 0.05) is 27.2 Å². The molecule has 0 aliphatic carbocycles. The van der Waals surface area contributed by atoms with Crippen molar-refractivity contribution in [3.8, 4) is 23.0 Å². The molecule has 0 saturated carbocycles. The Morgan fingerprint density at radius 3 is 1.00 bits per heavy atom. The van der Waals surface area contributed by atoms with Gasteiger partial charge in [-0.3, -0.25) is 0 Å². The summed E-state index contributed by atoms with van der Waals surface area (Å²) >= 11 is 0. The molecular weight excluding hydrogens is 915 g/mol. The Kier molecular flexibility index (Phi) is 40.1. The van der Waals surface area contributed by atoms with Gasteiger partial charge in [0.25, 0.3) is 0 Å². The number of hydrogen-bond acceptors (Lipinski definition) is 6. The number of guanidine groups is 1. The van der Waals surface area contributed by atoms with Crippen LogP contribution in [0.5, 0.6) is 23.0 Å². The number of ether oxygens (including phenoxy) is 4. The summed E-state index contributed by atoms with van der Waals surface area (Å²) in [6, 6.07) is 11.1. The van der Waals surface area contributed by atoms with Crippen LogP contribution in [0.15, 0.2) is 41.4 Å². The van der Waals surface area contributed by atoms with Crippen LogP contribution in [-0.4, -0.2) is 68.7 Å². The maximum absolute atomic E-state index is 14.0. The fraction of sp³-hybridized carbons (Fsp3) is 0.788. The lowest BCUT2D eigenvalue weighted by Gasteiger charge is -2.19. The highest BCUT2D eigenvalue weighted by molar-refractivity contribution is 5.93. The molecule has 0 amide bonds. The monoisotopic (exact) mass is 1030 g/mol. The van der Waals surface area contributed by atoms with Gasteiger partial charge in [0.1, 0.15) is 5.75 Å². The van der Waals surface area contributed by atoms with Crippen LogP contribution in [0.4, 0.5) is 5.69 Å². The molecule has 0 spiro atoms. The first-order valence-electron chi connectivity index (χ1n) is 31.9. The van der Waals surface area contributed by atoms with Crippen molar-refractivity contribution in [1.29, 1.82) is 0 Å². The number of carbonyl (C=O) groups excluding carboxylic acids is 1. The molecule has 2 aromatic rings. The van der Waals surface area contributed by atoms with E-state index in [9.17, 15) is 4.79 Å². The second-order valence-electron chi connectivity index (χ2n) is 22.3. The molecule has 8 nitrogen and oxygen atoms in total. The molecule has 1 saturated heterocycles. The summed E-state index contributed by atoms with van der Waals surface area (Å²) in [6.45, 7) is 10.5. The summed E-state index contributed by atoms with van der Waals surface area (Å²) in [5.41, 5.74) is 1.22. The van der Waals surface area contributed by atoms with Crippen LogP contribution in [0.2, 0.25) is 0 Å². The molecule has 1 aliphatic rings. The minimum atomic E-state index is -0.444. The first-order chi connectivity index (χ1) is 36.5. The molecule has 0 bridgehead atoms. The van der Waals surface area contributed by atoms with E-state index in [0.717, 1.165) is 63.3 Å². The van der Waals surface area contributed by atoms with E-state index in [1.54, 1.807) is 0 Å². The molecule has 3 rings (SSSR count). The summed E-state index contributed by atoms with van der Waals surface area (Å²) < 4.78 is 25.8. The van der Waals surface area contributed by atoms with E-state index >= 15 is 0 Å². The number of hydrogen-bond donors (Lipinski definition) is 0. The molecule has 1 aliphatic heterocycles. The van der Waals surface area contributed by atoms with Gasteiger partial charge in [0.15, 0.2) is 11.5 Å². The molecule has 1 heterocycles. The number of rotatable bonds is 51. The normalized spacial score (nSPS) is 12.5. The van der Waals surface area contributed by atoms with E-state index in [0.29, 0.717) is 48.4 Å². The molecule has 0 aromatic heterocycles. The number of likely N-dealkylation sites (N-methyl/N-ethyl adjacent to an activating group) is 2. The highest BCUT2D eigenvalue weighted by Crippen LogP contribution is 2.40. The average Bonchev–Trinajstić information content (AvgIpc) is 3.72. The smallest absolute Gasteiger partial charge is 0.343 e. The lowest BCUT2D eigenvalue weighted by Crippen LogP contribution is -2.27. The van der Waals surface area contributed by atoms with E-state index < -0.39 is 5.97 Å². The number of esters is 1. The lowest BCUT2D eigenvalue weighted by molar-refractivity contribution is 0.0733. The van der Waals surface area contributed by atoms with E-state index in [1.165, 1.54) is 231 Å². The summed E-state index contributed by atoms with van der Waals surface area (Å²) in [4.78, 5) is 23.1. The van der Waals surface area contributed by atoms with Gasteiger partial charge in [0.05, 0.1) is 31.1 Å². The van der Waals surface area contributed by atoms with Crippen molar-refractivity contribution >= 4 is 17.6 Å². The molecule has 2 aromatic carbocycles. The van der Waals surface area contributed by atoms with Gasteiger partial charge < -0.3 is 28.7 Å². The van der Waals surface area contributed by atoms with Crippen LogP contribution in [0.1, 0.15) is 301 Å². The van der Waals surface area contributed by atoms with Gasteiger partial charge in [-0.2, -0.15) is 0 Å². The third-order valence-electron chi connectivity index (χ3n) is 15.2. The van der Waals surface area contributed by atoms with Gasteiger partial charge in [-0.15, -0.1) is 0 Å². The fourth-order valence-electron chi connectivity index (χ4n) is 10.3. The SMILES string of the molecule is CCCCCCCCCCCCCCCCOc1cc(C(=O)Oc2ccc(N=C3N(C)CCN3C)cc2)cc(OCCCCCCCCCCCCCCCC)c1OCCCCCCCCCCCCCCCC. The third-order valence-corrected chi connectivity index (χ3v) is 15.2. The van der Waals surface area contributed by atoms with Crippen molar-refractivity contribution < 1.29 is 23.7 Å². The maximum Gasteiger partial charge on any atom is 0.343 e. The summed E-state index contributed by atoms with van der Waals surface area (Å²) in [5, 5.41) is 0. The Labute approximate surface area is 456 Å². The number of aliphatic imine (C=N–C) groups is 1. The maximum atomic E-state index is 14.0. The molecular formula is C66H115N3O5. The van der Waals surface area contributed by atoms with Gasteiger partial charge in [0.2, 0.25) is 11.7 Å². The second kappa shape index (κ2) is 45.7. The Bertz CT molecular complexity index is 1580. The summed E-state index contributed by atoms with van der Waals surface area (Å²) in [6.07, 6.45) is 55.2. The number of unbranched alkanes of at least 4 members (excludes halogenated alkanes) is 39. The fourth-order valence-corrected chi connectivity index (χ4v) is 10.3. The Hall–Kier alpha value is -3.42. The highest BCUT2D eigenvalue weighted by Gasteiger charge is 2.22. The van der Waals surface area contributed by atoms with E-state index in [2.05, 4.69) is 44.7 Å². The predicted molar refractivity (Wildman–Crippen MR) is 318 cm³/mol. The molecule has 0 unspecified atom stereocenters. The summed E-state index contributed by atoms with van der Waals surface area (Å²) in [7, 11) is 4.12. The van der Waals surface area contributed by atoms with Crippen molar-refractivity contribution in [2.75, 3.05) is 47.0 Å². The largest absolute Gasteiger partial charge is 0.490 e. The molecule has 0 atom stereocenters. The standard InChI is InChI=1S/C66H115N3O5/c1-6-9-12-15-18-21-24-27-30-33-36-39-42-45-54-71-62-57-59(65(70)74-61-50-48-60(49-51-61)67-66-68(4)52-53-69(66)5)58-63(72-55-46-43-40-37-34-31-28-25-22-19-16-13-10-7-2)64(62)73-56-47-44-41-38-35-32-29-26-23-20-17-14-11-8-3/h48-51,57-58H,6-47,52-56H2,1-5H3. The van der Waals surface area contributed by atoms with E-state index in [4.69, 9.17) is 23.9 Å². The minimum Gasteiger partial charge on any atom is -0.490 e. The van der Waals surface area contributed by atoms with E-state index in [1.807, 2.05) is 36.4 Å².